The average molecular weight is 317 g/mol. The topological polar surface area (TPSA) is 115 Å². The largest absolute Gasteiger partial charge is 0.320 e. The van der Waals surface area contributed by atoms with Crippen LogP contribution in [0.25, 0.3) is 0 Å². The Morgan fingerprint density at radius 2 is 2.05 bits per heavy atom. The highest BCUT2D eigenvalue weighted by atomic mass is 32.2. The lowest BCUT2D eigenvalue weighted by atomic mass is 9.87. The van der Waals surface area contributed by atoms with Crippen molar-refractivity contribution in [1.82, 2.24) is 4.72 Å². The normalized spacial score (nSPS) is 19.8. The quantitative estimate of drug-likeness (QED) is 0.620. The Bertz CT molecular complexity index is 698. The number of hydrogen-bond donors (Lipinski definition) is 2. The van der Waals surface area contributed by atoms with E-state index in [0.29, 0.717) is 0 Å². The Labute approximate surface area is 121 Å². The molecule has 0 aliphatic heterocycles. The number of nitrogens with two attached hydrogens (primary N) is 1. The van der Waals surface area contributed by atoms with Gasteiger partial charge < -0.3 is 5.73 Å². The molecular weight excluding hydrogens is 301 g/mol. The molecule has 1 aromatic carbocycles. The van der Waals surface area contributed by atoms with E-state index < -0.39 is 31.0 Å². The van der Waals surface area contributed by atoms with Crippen molar-refractivity contribution in [2.45, 2.75) is 30.1 Å². The molecule has 1 aromatic rings. The minimum atomic E-state index is -3.75. The average Bonchev–Trinajstić information content (AvgIpc) is 3.20. The number of nitrogens with zero attached hydrogens (tertiary/aromatic N) is 1. The van der Waals surface area contributed by atoms with Gasteiger partial charge in [0.2, 0.25) is 10.0 Å². The molecule has 1 fully saturated rings. The molecule has 3 N–H and O–H groups in total. The molecule has 0 amide bonds. The molecule has 0 heterocycles. The van der Waals surface area contributed by atoms with Gasteiger partial charge in [-0.1, -0.05) is 0 Å². The number of rotatable bonds is 5. The first-order valence-corrected chi connectivity index (χ1v) is 7.74. The minimum Gasteiger partial charge on any atom is -0.320 e. The summed E-state index contributed by atoms with van der Waals surface area (Å²) in [5.41, 5.74) is 4.04. The van der Waals surface area contributed by atoms with Crippen molar-refractivity contribution in [2.24, 2.45) is 5.73 Å². The lowest BCUT2D eigenvalue weighted by molar-refractivity contribution is -0.385. The molecule has 21 heavy (non-hydrogen) atoms. The number of non-ortho nitro benzene ring substituents is 1. The second-order valence-corrected chi connectivity index (χ2v) is 7.52. The van der Waals surface area contributed by atoms with Crippen molar-refractivity contribution in [3.63, 3.8) is 0 Å². The Morgan fingerprint density at radius 1 is 1.48 bits per heavy atom. The van der Waals surface area contributed by atoms with Crippen LogP contribution in [0.1, 0.15) is 25.3 Å². The number of benzene rings is 1. The molecule has 0 spiro atoms. The standard InChI is InChI=1S/C12H16FN3O4S/c1-11(14,12(5-6-12)21(19,20)15-2)9-7-8(16(17)18)3-4-10(9)13/h3-4,7,15H,5-6,14H2,1-2H3/t11-/m1/s1. The smallest absolute Gasteiger partial charge is 0.269 e. The molecule has 0 unspecified atom stereocenters. The third kappa shape index (κ3) is 2.21. The number of halogens is 1. The highest BCUT2D eigenvalue weighted by molar-refractivity contribution is 7.91. The van der Waals surface area contributed by atoms with E-state index in [9.17, 15) is 22.9 Å². The van der Waals surface area contributed by atoms with E-state index in [2.05, 4.69) is 4.72 Å². The molecule has 2 rings (SSSR count). The maximum Gasteiger partial charge on any atom is 0.269 e. The van der Waals surface area contributed by atoms with Crippen molar-refractivity contribution < 1.29 is 17.7 Å². The van der Waals surface area contributed by atoms with E-state index in [4.69, 9.17) is 5.73 Å². The summed E-state index contributed by atoms with van der Waals surface area (Å²) < 4.78 is 39.3. The molecule has 1 aliphatic rings. The summed E-state index contributed by atoms with van der Waals surface area (Å²) in [4.78, 5) is 10.1. The number of nitro benzene ring substituents is 1. The van der Waals surface area contributed by atoms with Crippen LogP contribution in [0.15, 0.2) is 18.2 Å². The molecule has 0 bridgehead atoms. The molecule has 9 heteroatoms. The lowest BCUT2D eigenvalue weighted by Gasteiger charge is -2.34. The number of hydrogen-bond acceptors (Lipinski definition) is 5. The summed E-state index contributed by atoms with van der Waals surface area (Å²) in [6.45, 7) is 1.39. The van der Waals surface area contributed by atoms with Crippen molar-refractivity contribution in [3.8, 4) is 0 Å². The van der Waals surface area contributed by atoms with Gasteiger partial charge in [0.1, 0.15) is 10.6 Å². The number of sulfonamides is 1. The zero-order valence-electron chi connectivity index (χ0n) is 11.6. The summed E-state index contributed by atoms with van der Waals surface area (Å²) in [5.74, 6) is -0.761. The Kier molecular flexibility index (Phi) is 3.55. The summed E-state index contributed by atoms with van der Waals surface area (Å²) in [6.07, 6.45) is 0.538. The first-order chi connectivity index (χ1) is 9.59. The first kappa shape index (κ1) is 15.8. The van der Waals surface area contributed by atoms with E-state index in [1.165, 1.54) is 14.0 Å². The molecule has 0 aromatic heterocycles. The summed E-state index contributed by atoms with van der Waals surface area (Å²) in [7, 11) is -2.49. The van der Waals surface area contributed by atoms with Crippen molar-refractivity contribution in [3.05, 3.63) is 39.7 Å². The summed E-state index contributed by atoms with van der Waals surface area (Å²) in [6, 6.07) is 2.95. The number of nitrogens with one attached hydrogen (secondary N) is 1. The second-order valence-electron chi connectivity index (χ2n) is 5.33. The van der Waals surface area contributed by atoms with E-state index in [0.717, 1.165) is 18.2 Å². The Hall–Kier alpha value is -1.58. The van der Waals surface area contributed by atoms with Gasteiger partial charge in [0, 0.05) is 17.7 Å². The van der Waals surface area contributed by atoms with Gasteiger partial charge in [0.05, 0.1) is 10.5 Å². The molecule has 116 valence electrons. The predicted molar refractivity (Wildman–Crippen MR) is 74.5 cm³/mol. The lowest BCUT2D eigenvalue weighted by Crippen LogP contribution is -2.54. The van der Waals surface area contributed by atoms with E-state index >= 15 is 0 Å². The first-order valence-electron chi connectivity index (χ1n) is 6.25. The van der Waals surface area contributed by atoms with Gasteiger partial charge in [0.15, 0.2) is 0 Å². The second kappa shape index (κ2) is 4.72. The summed E-state index contributed by atoms with van der Waals surface area (Å²) >= 11 is 0. The van der Waals surface area contributed by atoms with Gasteiger partial charge in [-0.05, 0) is 32.9 Å². The van der Waals surface area contributed by atoms with Gasteiger partial charge in [-0.15, -0.1) is 0 Å². The Balaban J connectivity index is 2.60. The van der Waals surface area contributed by atoms with Crippen LogP contribution in [-0.4, -0.2) is 25.1 Å². The van der Waals surface area contributed by atoms with Gasteiger partial charge >= 0.3 is 0 Å². The van der Waals surface area contributed by atoms with Crippen LogP contribution in [0.4, 0.5) is 10.1 Å². The SMILES string of the molecule is CNS(=O)(=O)C1([C@](C)(N)c2cc([N+](=O)[O-])ccc2F)CC1. The molecule has 1 aliphatic carbocycles. The monoisotopic (exact) mass is 317 g/mol. The zero-order valence-corrected chi connectivity index (χ0v) is 12.4. The molecule has 1 atom stereocenters. The van der Waals surface area contributed by atoms with Crippen LogP contribution in [0.5, 0.6) is 0 Å². The van der Waals surface area contributed by atoms with Gasteiger partial charge in [-0.3, -0.25) is 10.1 Å². The fourth-order valence-electron chi connectivity index (χ4n) is 2.65. The van der Waals surface area contributed by atoms with Crippen LogP contribution in [-0.2, 0) is 15.6 Å². The van der Waals surface area contributed by atoms with Gasteiger partial charge in [-0.25, -0.2) is 17.5 Å². The molecule has 7 nitrogen and oxygen atoms in total. The van der Waals surface area contributed by atoms with Crippen LogP contribution < -0.4 is 10.5 Å². The van der Waals surface area contributed by atoms with Crippen molar-refractivity contribution in [2.75, 3.05) is 7.05 Å². The van der Waals surface area contributed by atoms with Crippen LogP contribution in [0.2, 0.25) is 0 Å². The third-order valence-electron chi connectivity index (χ3n) is 4.15. The number of nitro groups is 1. The van der Waals surface area contributed by atoms with Gasteiger partial charge in [-0.2, -0.15) is 0 Å². The predicted octanol–water partition coefficient (Wildman–Crippen LogP) is 0.990. The van der Waals surface area contributed by atoms with Crippen LogP contribution in [0, 0.1) is 15.9 Å². The Morgan fingerprint density at radius 3 is 2.48 bits per heavy atom. The zero-order chi connectivity index (χ0) is 16.1. The fourth-order valence-corrected chi connectivity index (χ4v) is 4.34. The highest BCUT2D eigenvalue weighted by Crippen LogP contribution is 2.54. The molecule has 0 saturated heterocycles. The van der Waals surface area contributed by atoms with E-state index in [1.54, 1.807) is 0 Å². The van der Waals surface area contributed by atoms with Gasteiger partial charge in [0.25, 0.3) is 5.69 Å². The molecular formula is C12H16FN3O4S. The summed E-state index contributed by atoms with van der Waals surface area (Å²) in [5, 5.41) is 10.8. The molecule has 1 saturated carbocycles. The van der Waals surface area contributed by atoms with E-state index in [1.807, 2.05) is 0 Å². The van der Waals surface area contributed by atoms with E-state index in [-0.39, 0.29) is 24.1 Å². The van der Waals surface area contributed by atoms with Crippen molar-refractivity contribution in [1.29, 1.82) is 0 Å². The fraction of sp³-hybridized carbons (Fsp3) is 0.500. The highest BCUT2D eigenvalue weighted by Gasteiger charge is 2.65. The third-order valence-corrected chi connectivity index (χ3v) is 6.55. The minimum absolute atomic E-state index is 0.173. The maximum atomic E-state index is 14.1. The maximum absolute atomic E-state index is 14.1. The van der Waals surface area contributed by atoms with Crippen LogP contribution in [0.3, 0.4) is 0 Å². The molecule has 0 radical (unpaired) electrons. The van der Waals surface area contributed by atoms with Crippen molar-refractivity contribution >= 4 is 15.7 Å². The van der Waals surface area contributed by atoms with Crippen LogP contribution >= 0.6 is 0 Å².